The second-order valence-electron chi connectivity index (χ2n) is 3.67. The molecule has 0 saturated heterocycles. The third-order valence-electron chi connectivity index (χ3n) is 2.35. The van der Waals surface area contributed by atoms with Crippen molar-refractivity contribution in [3.63, 3.8) is 0 Å². The van der Waals surface area contributed by atoms with Crippen LogP contribution in [0.2, 0.25) is 10.0 Å². The Morgan fingerprint density at radius 2 is 1.84 bits per heavy atom. The summed E-state index contributed by atoms with van der Waals surface area (Å²) in [7, 11) is 0. The molecule has 1 aliphatic rings. The molecule has 1 aliphatic heterocycles. The van der Waals surface area contributed by atoms with E-state index in [9.17, 15) is 4.79 Å². The molecule has 1 heterocycles. The number of halogens is 2. The number of hydrogen-bond acceptors (Lipinski definition) is 4. The highest BCUT2D eigenvalue weighted by Gasteiger charge is 2.24. The molecule has 1 aromatic carbocycles. The summed E-state index contributed by atoms with van der Waals surface area (Å²) >= 11 is 12.0. The fourth-order valence-corrected chi connectivity index (χ4v) is 1.98. The first-order valence-electron chi connectivity index (χ1n) is 5.36. The van der Waals surface area contributed by atoms with E-state index >= 15 is 0 Å². The van der Waals surface area contributed by atoms with Crippen molar-refractivity contribution >= 4 is 29.1 Å². The first kappa shape index (κ1) is 13.6. The average Bonchev–Trinajstić information content (AvgIpc) is 2.39. The number of hydrogen-bond donors (Lipinski definition) is 2. The minimum absolute atomic E-state index is 0.218. The summed E-state index contributed by atoms with van der Waals surface area (Å²) in [4.78, 5) is 13.0. The van der Waals surface area contributed by atoms with Gasteiger partial charge in [0.15, 0.2) is 5.75 Å². The van der Waals surface area contributed by atoms with Gasteiger partial charge in [0.05, 0.1) is 10.0 Å². The van der Waals surface area contributed by atoms with Crippen molar-refractivity contribution in [2.24, 2.45) is 5.73 Å². The monoisotopic (exact) mass is 299 g/mol. The second kappa shape index (κ2) is 5.86. The van der Waals surface area contributed by atoms with Crippen LogP contribution in [0.3, 0.4) is 0 Å². The lowest BCUT2D eigenvalue weighted by molar-refractivity contribution is -0.129. The lowest BCUT2D eigenvalue weighted by Gasteiger charge is -2.27. The maximum atomic E-state index is 11.5. The van der Waals surface area contributed by atoms with Crippen molar-refractivity contribution in [2.45, 2.75) is 6.23 Å². The van der Waals surface area contributed by atoms with E-state index in [1.165, 1.54) is 4.90 Å². The Balaban J connectivity index is 2.26. The highest BCUT2D eigenvalue weighted by Crippen LogP contribution is 2.33. The van der Waals surface area contributed by atoms with Gasteiger partial charge in [0.1, 0.15) is 0 Å². The number of ether oxygens (including phenoxy) is 1. The van der Waals surface area contributed by atoms with Gasteiger partial charge in [-0.15, -0.1) is 0 Å². The molecule has 1 aromatic rings. The molecular formula is C12H11Cl2N3O2. The van der Waals surface area contributed by atoms with Gasteiger partial charge in [-0.05, 0) is 12.1 Å². The largest absolute Gasteiger partial charge is 0.458 e. The molecule has 1 amide bonds. The number of amides is 1. The highest BCUT2D eigenvalue weighted by molar-refractivity contribution is 6.37. The van der Waals surface area contributed by atoms with Crippen LogP contribution in [-0.4, -0.2) is 17.0 Å². The zero-order valence-corrected chi connectivity index (χ0v) is 11.2. The molecule has 100 valence electrons. The molecule has 1 atom stereocenters. The van der Waals surface area contributed by atoms with E-state index < -0.39 is 12.1 Å². The van der Waals surface area contributed by atoms with Crippen LogP contribution in [0.5, 0.6) is 5.75 Å². The Morgan fingerprint density at radius 3 is 2.37 bits per heavy atom. The number of nitrogens with two attached hydrogens (primary N) is 1. The molecule has 7 heteroatoms. The van der Waals surface area contributed by atoms with Gasteiger partial charge in [-0.2, -0.15) is 0 Å². The third kappa shape index (κ3) is 3.13. The van der Waals surface area contributed by atoms with Crippen molar-refractivity contribution < 1.29 is 9.53 Å². The van der Waals surface area contributed by atoms with Crippen molar-refractivity contribution in [2.75, 3.05) is 0 Å². The van der Waals surface area contributed by atoms with Crippen molar-refractivity contribution in [3.8, 4) is 5.75 Å². The zero-order valence-electron chi connectivity index (χ0n) is 9.72. The SMILES string of the molecule is NC(=O)C(Oc1c(Cl)cccc1Cl)N1C=CNC=C1. The van der Waals surface area contributed by atoms with E-state index in [-0.39, 0.29) is 5.75 Å². The van der Waals surface area contributed by atoms with Gasteiger partial charge >= 0.3 is 0 Å². The molecule has 0 aliphatic carbocycles. The summed E-state index contributed by atoms with van der Waals surface area (Å²) in [5, 5.41) is 3.45. The van der Waals surface area contributed by atoms with Crippen LogP contribution in [0.25, 0.3) is 0 Å². The molecule has 3 N–H and O–H groups in total. The summed E-state index contributed by atoms with van der Waals surface area (Å²) in [5.41, 5.74) is 5.34. The van der Waals surface area contributed by atoms with E-state index in [0.717, 1.165) is 0 Å². The Morgan fingerprint density at radius 1 is 1.26 bits per heavy atom. The van der Waals surface area contributed by atoms with Gasteiger partial charge in [0.2, 0.25) is 0 Å². The van der Waals surface area contributed by atoms with Crippen molar-refractivity contribution in [1.29, 1.82) is 0 Å². The zero-order chi connectivity index (χ0) is 13.8. The molecule has 0 radical (unpaired) electrons. The molecule has 2 rings (SSSR count). The Kier molecular flexibility index (Phi) is 4.19. The summed E-state index contributed by atoms with van der Waals surface area (Å²) < 4.78 is 5.53. The van der Waals surface area contributed by atoms with E-state index in [2.05, 4.69) is 5.32 Å². The van der Waals surface area contributed by atoms with Crippen LogP contribution in [0, 0.1) is 0 Å². The van der Waals surface area contributed by atoms with Crippen LogP contribution < -0.4 is 15.8 Å². The quantitative estimate of drug-likeness (QED) is 0.893. The van der Waals surface area contributed by atoms with Gasteiger partial charge in [-0.3, -0.25) is 4.79 Å². The van der Waals surface area contributed by atoms with E-state index in [1.807, 2.05) is 0 Å². The smallest absolute Gasteiger partial charge is 0.280 e. The predicted octanol–water partition coefficient (Wildman–Crippen LogP) is 2.03. The Hall–Kier alpha value is -1.85. The van der Waals surface area contributed by atoms with E-state index in [0.29, 0.717) is 10.0 Å². The molecule has 1 unspecified atom stereocenters. The number of carbonyl (C=O) groups is 1. The Bertz CT molecular complexity index is 514. The molecule has 0 spiro atoms. The van der Waals surface area contributed by atoms with E-state index in [1.54, 1.807) is 43.0 Å². The molecular weight excluding hydrogens is 289 g/mol. The lowest BCUT2D eigenvalue weighted by atomic mass is 10.3. The van der Waals surface area contributed by atoms with Gasteiger partial charge in [0.25, 0.3) is 12.1 Å². The van der Waals surface area contributed by atoms with Crippen molar-refractivity contribution in [1.82, 2.24) is 10.2 Å². The van der Waals surface area contributed by atoms with E-state index in [4.69, 9.17) is 33.7 Å². The number of benzene rings is 1. The first-order valence-corrected chi connectivity index (χ1v) is 6.12. The van der Waals surface area contributed by atoms with Crippen LogP contribution >= 0.6 is 23.2 Å². The maximum Gasteiger partial charge on any atom is 0.280 e. The summed E-state index contributed by atoms with van der Waals surface area (Å²) in [6.07, 6.45) is 5.45. The van der Waals surface area contributed by atoms with Crippen molar-refractivity contribution in [3.05, 3.63) is 53.0 Å². The van der Waals surface area contributed by atoms with Crippen LogP contribution in [0.4, 0.5) is 0 Å². The Labute approximate surface area is 120 Å². The fraction of sp³-hybridized carbons (Fsp3) is 0.0833. The predicted molar refractivity (Wildman–Crippen MR) is 73.3 cm³/mol. The second-order valence-corrected chi connectivity index (χ2v) is 4.48. The fourth-order valence-electron chi connectivity index (χ4n) is 1.49. The van der Waals surface area contributed by atoms with Gasteiger partial charge in [0, 0.05) is 24.8 Å². The van der Waals surface area contributed by atoms with Crippen LogP contribution in [-0.2, 0) is 4.79 Å². The minimum Gasteiger partial charge on any atom is -0.458 e. The number of nitrogens with one attached hydrogen (secondary N) is 1. The first-order chi connectivity index (χ1) is 9.09. The van der Waals surface area contributed by atoms with Crippen LogP contribution in [0.15, 0.2) is 43.0 Å². The number of para-hydroxylation sites is 1. The number of rotatable bonds is 4. The van der Waals surface area contributed by atoms with Gasteiger partial charge in [-0.1, -0.05) is 29.3 Å². The molecule has 5 nitrogen and oxygen atoms in total. The molecule has 0 bridgehead atoms. The van der Waals surface area contributed by atoms with Crippen LogP contribution in [0.1, 0.15) is 0 Å². The minimum atomic E-state index is -1.04. The number of nitrogens with zero attached hydrogens (tertiary/aromatic N) is 1. The third-order valence-corrected chi connectivity index (χ3v) is 2.94. The normalized spacial score (nSPS) is 14.9. The van der Waals surface area contributed by atoms with Gasteiger partial charge in [-0.25, -0.2) is 0 Å². The lowest BCUT2D eigenvalue weighted by Crippen LogP contribution is -2.44. The molecule has 0 aromatic heterocycles. The standard InChI is InChI=1S/C12H11Cl2N3O2/c13-8-2-1-3-9(14)10(8)19-12(11(15)18)17-6-4-16-5-7-17/h1-7,12,16H,(H2,15,18). The summed E-state index contributed by atoms with van der Waals surface area (Å²) in [6.45, 7) is 0. The molecule has 19 heavy (non-hydrogen) atoms. The topological polar surface area (TPSA) is 67.6 Å². The average molecular weight is 300 g/mol. The molecule has 0 fully saturated rings. The van der Waals surface area contributed by atoms with Gasteiger partial charge < -0.3 is 20.7 Å². The number of carbonyl (C=O) groups excluding carboxylic acids is 1. The molecule has 0 saturated carbocycles. The highest BCUT2D eigenvalue weighted by atomic mass is 35.5. The summed E-state index contributed by atoms with van der Waals surface area (Å²) in [6, 6.07) is 4.91. The summed E-state index contributed by atoms with van der Waals surface area (Å²) in [5.74, 6) is -0.442. The number of primary amides is 1. The maximum absolute atomic E-state index is 11.5.